The van der Waals surface area contributed by atoms with Crippen molar-refractivity contribution in [1.29, 1.82) is 0 Å². The van der Waals surface area contributed by atoms with E-state index >= 15 is 0 Å². The van der Waals surface area contributed by atoms with E-state index in [-0.39, 0.29) is 13.0 Å². The molecule has 0 aliphatic carbocycles. The molecule has 17 heavy (non-hydrogen) atoms. The Balaban J connectivity index is 2.36. The van der Waals surface area contributed by atoms with Gasteiger partial charge < -0.3 is 34.6 Å². The van der Waals surface area contributed by atoms with Gasteiger partial charge in [0.15, 0.2) is 13.1 Å². The fourth-order valence-corrected chi connectivity index (χ4v) is 1.07. The van der Waals surface area contributed by atoms with Crippen LogP contribution in [-0.4, -0.2) is 65.0 Å². The van der Waals surface area contributed by atoms with Gasteiger partial charge in [0.1, 0.15) is 0 Å². The summed E-state index contributed by atoms with van der Waals surface area (Å²) in [7, 11) is 0. The largest absolute Gasteiger partial charge is 0.513 e. The minimum atomic E-state index is -2.45. The van der Waals surface area contributed by atoms with Crippen molar-refractivity contribution in [3.05, 3.63) is 0 Å². The van der Waals surface area contributed by atoms with Crippen LogP contribution in [0.25, 0.3) is 0 Å². The van der Waals surface area contributed by atoms with Crippen molar-refractivity contribution in [2.45, 2.75) is 24.8 Å². The summed E-state index contributed by atoms with van der Waals surface area (Å²) in [6.45, 7) is -1.62. The zero-order valence-electron chi connectivity index (χ0n) is 8.81. The number of hydrogen-bond donors (Lipinski definition) is 4. The summed E-state index contributed by atoms with van der Waals surface area (Å²) in [4.78, 5) is 10.7. The van der Waals surface area contributed by atoms with Crippen LogP contribution in [0.15, 0.2) is 0 Å². The molecule has 1 aliphatic heterocycles. The Hall–Kier alpha value is -0.970. The molecule has 100 valence electrons. The molecule has 4 N–H and O–H groups in total. The van der Waals surface area contributed by atoms with E-state index < -0.39 is 37.9 Å². The number of carbonyl (C=O) groups is 1. The third-order valence-corrected chi connectivity index (χ3v) is 1.94. The predicted octanol–water partition coefficient (Wildman–Crippen LogP) is -2.15. The molecule has 0 aromatic carbocycles. The summed E-state index contributed by atoms with van der Waals surface area (Å²) in [5, 5.41) is 35.9. The minimum Gasteiger partial charge on any atom is -0.418 e. The predicted molar refractivity (Wildman–Crippen MR) is 48.1 cm³/mol. The van der Waals surface area contributed by atoms with Crippen LogP contribution in [0.1, 0.15) is 6.42 Å². The van der Waals surface area contributed by atoms with Gasteiger partial charge in [0, 0.05) is 13.0 Å². The number of aliphatic hydroxyl groups excluding tert-OH is 3. The van der Waals surface area contributed by atoms with Crippen molar-refractivity contribution in [2.24, 2.45) is 0 Å². The molecule has 0 amide bonds. The van der Waals surface area contributed by atoms with Gasteiger partial charge in [0.05, 0.1) is 6.61 Å². The maximum atomic E-state index is 10.7. The van der Waals surface area contributed by atoms with E-state index in [1.165, 1.54) is 0 Å². The minimum absolute atomic E-state index is 0.0402. The summed E-state index contributed by atoms with van der Waals surface area (Å²) < 4.78 is 17.9. The number of aliphatic hydroxyl groups is 4. The third-order valence-electron chi connectivity index (χ3n) is 1.94. The van der Waals surface area contributed by atoms with E-state index in [0.717, 1.165) is 0 Å². The first-order valence-electron chi connectivity index (χ1n) is 4.79. The average molecular weight is 254 g/mol. The van der Waals surface area contributed by atoms with Crippen LogP contribution in [-0.2, 0) is 18.9 Å². The van der Waals surface area contributed by atoms with Crippen molar-refractivity contribution in [1.82, 2.24) is 0 Å². The Labute approximate surface area is 96.1 Å². The lowest BCUT2D eigenvalue weighted by molar-refractivity contribution is -0.370. The molecular formula is C8H14O9. The van der Waals surface area contributed by atoms with Crippen LogP contribution >= 0.6 is 0 Å². The maximum Gasteiger partial charge on any atom is 0.513 e. The average Bonchev–Trinajstić information content (AvgIpc) is 2.54. The van der Waals surface area contributed by atoms with Crippen LogP contribution in [0.4, 0.5) is 4.79 Å². The van der Waals surface area contributed by atoms with Crippen LogP contribution < -0.4 is 0 Å². The first-order valence-corrected chi connectivity index (χ1v) is 4.79. The lowest BCUT2D eigenvalue weighted by Gasteiger charge is -2.23. The molecule has 0 spiro atoms. The smallest absolute Gasteiger partial charge is 0.418 e. The zero-order valence-corrected chi connectivity index (χ0v) is 8.81. The molecule has 1 fully saturated rings. The highest BCUT2D eigenvalue weighted by Gasteiger charge is 2.52. The first kappa shape index (κ1) is 14.1. The maximum absolute atomic E-state index is 10.7. The number of rotatable bonds is 7. The zero-order chi connectivity index (χ0) is 12.9. The molecule has 0 saturated carbocycles. The van der Waals surface area contributed by atoms with E-state index in [0.29, 0.717) is 0 Å². The molecule has 0 bridgehead atoms. The van der Waals surface area contributed by atoms with Crippen molar-refractivity contribution in [2.75, 3.05) is 20.0 Å². The molecule has 1 saturated heterocycles. The number of hydrogen-bond acceptors (Lipinski definition) is 9. The molecular weight excluding hydrogens is 240 g/mol. The van der Waals surface area contributed by atoms with Gasteiger partial charge in [-0.15, -0.1) is 0 Å². The Morgan fingerprint density at radius 3 is 2.76 bits per heavy atom. The second-order valence-electron chi connectivity index (χ2n) is 3.17. The fraction of sp³-hybridized carbons (Fsp3) is 0.875. The molecule has 9 heteroatoms. The topological polar surface area (TPSA) is 135 Å². The Bertz CT molecular complexity index is 257. The molecule has 9 nitrogen and oxygen atoms in total. The number of carbonyl (C=O) groups excluding carboxylic acids is 1. The molecule has 3 unspecified atom stereocenters. The van der Waals surface area contributed by atoms with Crippen molar-refractivity contribution in [3.8, 4) is 0 Å². The first-order chi connectivity index (χ1) is 8.01. The van der Waals surface area contributed by atoms with E-state index in [1.54, 1.807) is 0 Å². The molecule has 1 aliphatic rings. The fourth-order valence-electron chi connectivity index (χ4n) is 1.07. The number of cyclic esters (lactones) is 2. The molecule has 0 aromatic heterocycles. The molecule has 1 rings (SSSR count). The van der Waals surface area contributed by atoms with E-state index in [1.807, 2.05) is 0 Å². The summed E-state index contributed by atoms with van der Waals surface area (Å²) in [6, 6.07) is 0. The van der Waals surface area contributed by atoms with Crippen molar-refractivity contribution in [3.63, 3.8) is 0 Å². The van der Waals surface area contributed by atoms with Gasteiger partial charge in [-0.2, -0.15) is 0 Å². The Morgan fingerprint density at radius 2 is 2.18 bits per heavy atom. The van der Waals surface area contributed by atoms with Gasteiger partial charge in [-0.1, -0.05) is 0 Å². The monoisotopic (exact) mass is 254 g/mol. The van der Waals surface area contributed by atoms with E-state index in [9.17, 15) is 9.90 Å². The van der Waals surface area contributed by atoms with Crippen LogP contribution in [0, 0.1) is 0 Å². The van der Waals surface area contributed by atoms with Gasteiger partial charge in [-0.25, -0.2) is 4.79 Å². The molecule has 0 aromatic rings. The molecule has 3 atom stereocenters. The standard InChI is InChI=1S/C8H14O9/c9-2-1-6(11)14-4-15-8(13)5(3-10)16-7(12)17-8/h5-6,9-11,13H,1-4H2. The highest BCUT2D eigenvalue weighted by molar-refractivity contribution is 5.62. The van der Waals surface area contributed by atoms with Gasteiger partial charge in [0.2, 0.25) is 6.10 Å². The second kappa shape index (κ2) is 6.10. The van der Waals surface area contributed by atoms with Gasteiger partial charge >= 0.3 is 12.1 Å². The summed E-state index contributed by atoms with van der Waals surface area (Å²) in [6.07, 6.45) is -3.91. The van der Waals surface area contributed by atoms with Crippen molar-refractivity contribution < 1.29 is 44.2 Å². The Morgan fingerprint density at radius 1 is 1.47 bits per heavy atom. The molecule has 0 radical (unpaired) electrons. The van der Waals surface area contributed by atoms with Crippen LogP contribution in [0.2, 0.25) is 0 Å². The van der Waals surface area contributed by atoms with E-state index in [4.69, 9.17) is 15.3 Å². The normalized spacial score (nSPS) is 29.9. The van der Waals surface area contributed by atoms with Crippen LogP contribution in [0.5, 0.6) is 0 Å². The van der Waals surface area contributed by atoms with Crippen molar-refractivity contribution >= 4 is 6.16 Å². The third kappa shape index (κ3) is 3.77. The quantitative estimate of drug-likeness (QED) is 0.296. The van der Waals surface area contributed by atoms with E-state index in [2.05, 4.69) is 18.9 Å². The highest BCUT2D eigenvalue weighted by atomic mass is 16.9. The summed E-state index contributed by atoms with van der Waals surface area (Å²) in [5.74, 6) is -2.45. The summed E-state index contributed by atoms with van der Waals surface area (Å²) >= 11 is 0. The molecule has 1 heterocycles. The summed E-state index contributed by atoms with van der Waals surface area (Å²) in [5.41, 5.74) is 0. The number of ether oxygens (including phenoxy) is 4. The SMILES string of the molecule is O=C1OC(CO)C(O)(OCOC(O)CCO)O1. The van der Waals surface area contributed by atoms with Gasteiger partial charge in [0.25, 0.3) is 0 Å². The Kier molecular flexibility index (Phi) is 5.05. The lowest BCUT2D eigenvalue weighted by Crippen LogP contribution is -2.45. The van der Waals surface area contributed by atoms with Gasteiger partial charge in [-0.3, -0.25) is 4.74 Å². The van der Waals surface area contributed by atoms with Crippen LogP contribution in [0.3, 0.4) is 0 Å². The lowest BCUT2D eigenvalue weighted by atomic mass is 10.3. The second-order valence-corrected chi connectivity index (χ2v) is 3.17. The highest BCUT2D eigenvalue weighted by Crippen LogP contribution is 2.25. The van der Waals surface area contributed by atoms with Gasteiger partial charge in [-0.05, 0) is 0 Å².